The van der Waals surface area contributed by atoms with Crippen LogP contribution in [0.4, 0.5) is 0 Å². The molecule has 0 aliphatic carbocycles. The Morgan fingerprint density at radius 1 is 1.29 bits per heavy atom. The van der Waals surface area contributed by atoms with Crippen LogP contribution in [-0.2, 0) is 24.9 Å². The highest BCUT2D eigenvalue weighted by molar-refractivity contribution is 7.90. The molecule has 1 rings (SSSR count). The van der Waals surface area contributed by atoms with Gasteiger partial charge in [0.05, 0.1) is 11.5 Å². The molecule has 1 atom stereocenters. The molecule has 1 N–H and O–H groups in total. The van der Waals surface area contributed by atoms with Gasteiger partial charge in [-0.15, -0.1) is 0 Å². The first-order chi connectivity index (χ1) is 9.61. The summed E-state index contributed by atoms with van der Waals surface area (Å²) >= 11 is 0. The molecule has 0 aromatic heterocycles. The van der Waals surface area contributed by atoms with Crippen molar-refractivity contribution in [3.8, 4) is 0 Å². The Morgan fingerprint density at radius 3 is 2.19 bits per heavy atom. The minimum atomic E-state index is -3.26. The summed E-state index contributed by atoms with van der Waals surface area (Å²) in [6.45, 7) is 7.64. The maximum absolute atomic E-state index is 12.3. The lowest BCUT2D eigenvalue weighted by molar-refractivity contribution is -0.151. The zero-order valence-electron chi connectivity index (χ0n) is 13.1. The van der Waals surface area contributed by atoms with E-state index in [0.29, 0.717) is 5.56 Å². The maximum atomic E-state index is 12.3. The van der Waals surface area contributed by atoms with E-state index in [1.165, 1.54) is 12.1 Å². The minimum Gasteiger partial charge on any atom is -0.464 e. The molecule has 5 nitrogen and oxygen atoms in total. The first-order valence-corrected chi connectivity index (χ1v) is 8.76. The highest BCUT2D eigenvalue weighted by atomic mass is 32.2. The molecule has 0 amide bonds. The Bertz CT molecular complexity index is 593. The third-order valence-electron chi connectivity index (χ3n) is 3.12. The second-order valence-corrected chi connectivity index (χ2v) is 7.46. The molecule has 0 saturated heterocycles. The van der Waals surface area contributed by atoms with Crippen LogP contribution in [0.5, 0.6) is 0 Å². The standard InChI is InChI=1S/C15H23NO4S/c1-6-20-14(17)15(4,16-11(2)3)12-7-9-13(10-8-12)21(5,18)19/h7-11,16H,6H2,1-5H3. The van der Waals surface area contributed by atoms with Crippen LogP contribution in [0.3, 0.4) is 0 Å². The van der Waals surface area contributed by atoms with E-state index >= 15 is 0 Å². The summed E-state index contributed by atoms with van der Waals surface area (Å²) in [6.07, 6.45) is 1.15. The molecule has 0 radical (unpaired) electrons. The average molecular weight is 313 g/mol. The molecule has 1 aromatic carbocycles. The number of esters is 1. The fraction of sp³-hybridized carbons (Fsp3) is 0.533. The van der Waals surface area contributed by atoms with Crippen LogP contribution in [-0.4, -0.2) is 33.3 Å². The van der Waals surface area contributed by atoms with Crippen molar-refractivity contribution in [2.75, 3.05) is 12.9 Å². The summed E-state index contributed by atoms with van der Waals surface area (Å²) in [7, 11) is -3.26. The van der Waals surface area contributed by atoms with E-state index in [1.54, 1.807) is 26.0 Å². The summed E-state index contributed by atoms with van der Waals surface area (Å²) in [5, 5.41) is 3.19. The predicted molar refractivity (Wildman–Crippen MR) is 81.8 cm³/mol. The molecule has 1 unspecified atom stereocenters. The van der Waals surface area contributed by atoms with Crippen molar-refractivity contribution in [1.29, 1.82) is 0 Å². The van der Waals surface area contributed by atoms with Crippen molar-refractivity contribution in [2.45, 2.75) is 44.2 Å². The van der Waals surface area contributed by atoms with E-state index in [9.17, 15) is 13.2 Å². The minimum absolute atomic E-state index is 0.0639. The molecular formula is C15H23NO4S. The van der Waals surface area contributed by atoms with Crippen LogP contribution in [0.1, 0.15) is 33.3 Å². The lowest BCUT2D eigenvalue weighted by Crippen LogP contribution is -2.50. The van der Waals surface area contributed by atoms with E-state index in [2.05, 4.69) is 5.32 Å². The zero-order chi connectivity index (χ0) is 16.3. The molecule has 0 aliphatic rings. The van der Waals surface area contributed by atoms with Gasteiger partial charge < -0.3 is 4.74 Å². The van der Waals surface area contributed by atoms with Gasteiger partial charge in [-0.2, -0.15) is 0 Å². The van der Waals surface area contributed by atoms with E-state index < -0.39 is 15.4 Å². The van der Waals surface area contributed by atoms with Crippen molar-refractivity contribution in [1.82, 2.24) is 5.32 Å². The average Bonchev–Trinajstić information content (AvgIpc) is 2.37. The molecule has 0 heterocycles. The first kappa shape index (κ1) is 17.7. The van der Waals surface area contributed by atoms with Crippen LogP contribution < -0.4 is 5.32 Å². The fourth-order valence-electron chi connectivity index (χ4n) is 2.15. The van der Waals surface area contributed by atoms with E-state index in [-0.39, 0.29) is 23.5 Å². The molecule has 0 bridgehead atoms. The summed E-state index contributed by atoms with van der Waals surface area (Å²) in [4.78, 5) is 12.5. The normalized spacial score (nSPS) is 14.8. The Hall–Kier alpha value is -1.40. The lowest BCUT2D eigenvalue weighted by atomic mass is 9.91. The number of benzene rings is 1. The van der Waals surface area contributed by atoms with Crippen molar-refractivity contribution in [2.24, 2.45) is 0 Å². The van der Waals surface area contributed by atoms with E-state index in [4.69, 9.17) is 4.74 Å². The van der Waals surface area contributed by atoms with Crippen LogP contribution >= 0.6 is 0 Å². The Morgan fingerprint density at radius 2 is 1.81 bits per heavy atom. The molecule has 0 aliphatic heterocycles. The van der Waals surface area contributed by atoms with Crippen LogP contribution in [0, 0.1) is 0 Å². The SMILES string of the molecule is CCOC(=O)C(C)(NC(C)C)c1ccc(S(C)(=O)=O)cc1. The van der Waals surface area contributed by atoms with E-state index in [0.717, 1.165) is 6.26 Å². The smallest absolute Gasteiger partial charge is 0.330 e. The molecule has 0 spiro atoms. The number of hydrogen-bond donors (Lipinski definition) is 1. The van der Waals surface area contributed by atoms with Gasteiger partial charge in [-0.1, -0.05) is 12.1 Å². The van der Waals surface area contributed by atoms with Crippen molar-refractivity contribution in [3.05, 3.63) is 29.8 Å². The number of hydrogen-bond acceptors (Lipinski definition) is 5. The predicted octanol–water partition coefficient (Wildman–Crippen LogP) is 1.87. The fourth-order valence-corrected chi connectivity index (χ4v) is 2.78. The molecule has 6 heteroatoms. The van der Waals surface area contributed by atoms with Gasteiger partial charge in [0.1, 0.15) is 5.54 Å². The van der Waals surface area contributed by atoms with Crippen molar-refractivity contribution >= 4 is 15.8 Å². The molecule has 118 valence electrons. The molecule has 0 saturated carbocycles. The molecule has 21 heavy (non-hydrogen) atoms. The molecule has 0 fully saturated rings. The number of ether oxygens (including phenoxy) is 1. The summed E-state index contributed by atoms with van der Waals surface area (Å²) < 4.78 is 28.1. The van der Waals surface area contributed by atoms with Crippen LogP contribution in [0.15, 0.2) is 29.2 Å². The second kappa shape index (κ2) is 6.58. The largest absolute Gasteiger partial charge is 0.464 e. The summed E-state index contributed by atoms with van der Waals surface area (Å²) in [5.74, 6) is -0.384. The number of rotatable bonds is 6. The number of carbonyl (C=O) groups excluding carboxylic acids is 1. The Balaban J connectivity index is 3.24. The number of carbonyl (C=O) groups is 1. The number of sulfone groups is 1. The maximum Gasteiger partial charge on any atom is 0.330 e. The Kier molecular flexibility index (Phi) is 5.53. The van der Waals surface area contributed by atoms with Gasteiger partial charge in [-0.25, -0.2) is 13.2 Å². The van der Waals surface area contributed by atoms with Crippen LogP contribution in [0.25, 0.3) is 0 Å². The van der Waals surface area contributed by atoms with E-state index in [1.807, 2.05) is 13.8 Å². The third kappa shape index (κ3) is 4.28. The lowest BCUT2D eigenvalue weighted by Gasteiger charge is -2.31. The summed E-state index contributed by atoms with van der Waals surface area (Å²) in [6, 6.07) is 6.36. The Labute approximate surface area is 126 Å². The van der Waals surface area contributed by atoms with Gasteiger partial charge in [0, 0.05) is 12.3 Å². The van der Waals surface area contributed by atoms with Crippen molar-refractivity contribution < 1.29 is 17.9 Å². The first-order valence-electron chi connectivity index (χ1n) is 6.86. The quantitative estimate of drug-likeness (QED) is 0.812. The third-order valence-corrected chi connectivity index (χ3v) is 4.25. The van der Waals surface area contributed by atoms with Crippen LogP contribution in [0.2, 0.25) is 0 Å². The second-order valence-electron chi connectivity index (χ2n) is 5.44. The monoisotopic (exact) mass is 313 g/mol. The van der Waals surface area contributed by atoms with Crippen molar-refractivity contribution in [3.63, 3.8) is 0 Å². The van der Waals surface area contributed by atoms with Gasteiger partial charge in [-0.3, -0.25) is 5.32 Å². The van der Waals surface area contributed by atoms with Gasteiger partial charge in [0.2, 0.25) is 0 Å². The highest BCUT2D eigenvalue weighted by Crippen LogP contribution is 2.25. The molecular weight excluding hydrogens is 290 g/mol. The van der Waals surface area contributed by atoms with Gasteiger partial charge in [0.25, 0.3) is 0 Å². The van der Waals surface area contributed by atoms with Gasteiger partial charge in [0.15, 0.2) is 9.84 Å². The number of nitrogens with one attached hydrogen (secondary N) is 1. The topological polar surface area (TPSA) is 72.5 Å². The van der Waals surface area contributed by atoms with Gasteiger partial charge in [-0.05, 0) is 45.4 Å². The zero-order valence-corrected chi connectivity index (χ0v) is 14.0. The highest BCUT2D eigenvalue weighted by Gasteiger charge is 2.37. The van der Waals surface area contributed by atoms with Gasteiger partial charge >= 0.3 is 5.97 Å². The molecule has 1 aromatic rings. The summed E-state index contributed by atoms with van der Waals surface area (Å²) in [5.41, 5.74) is -0.345.